The van der Waals surface area contributed by atoms with Gasteiger partial charge in [-0.1, -0.05) is 12.1 Å². The van der Waals surface area contributed by atoms with Gasteiger partial charge in [0.15, 0.2) is 0 Å². The number of hydrogen-bond donors (Lipinski definition) is 0. The molecule has 0 aliphatic carbocycles. The number of nitrogens with zero attached hydrogens (tertiary/aromatic N) is 2. The average Bonchev–Trinajstić information content (AvgIpc) is 2.33. The molecule has 0 radical (unpaired) electrons. The first-order valence-electron chi connectivity index (χ1n) is 6.28. The van der Waals surface area contributed by atoms with Crippen molar-refractivity contribution < 1.29 is 0 Å². The van der Waals surface area contributed by atoms with Crippen molar-refractivity contribution in [1.29, 1.82) is 0 Å². The zero-order valence-corrected chi connectivity index (χ0v) is 12.9. The Kier molecular flexibility index (Phi) is 4.82. The molecule has 3 heteroatoms. The molecule has 0 bridgehead atoms. The fourth-order valence-corrected chi connectivity index (χ4v) is 2.80. The minimum atomic E-state index is 0.781. The van der Waals surface area contributed by atoms with Crippen LogP contribution in [0.5, 0.6) is 0 Å². The highest BCUT2D eigenvalue weighted by atomic mass is 127. The summed E-state index contributed by atoms with van der Waals surface area (Å²) in [7, 11) is 4.39. The average molecular weight is 344 g/mol. The third kappa shape index (κ3) is 3.93. The van der Waals surface area contributed by atoms with E-state index in [4.69, 9.17) is 0 Å². The van der Waals surface area contributed by atoms with Gasteiger partial charge in [-0.25, -0.2) is 0 Å². The molecule has 1 aliphatic heterocycles. The third-order valence-corrected chi connectivity index (χ3v) is 4.33. The van der Waals surface area contributed by atoms with E-state index in [2.05, 4.69) is 70.8 Å². The van der Waals surface area contributed by atoms with Gasteiger partial charge < -0.3 is 4.90 Å². The Morgan fingerprint density at radius 2 is 1.76 bits per heavy atom. The van der Waals surface area contributed by atoms with Crippen LogP contribution in [0.2, 0.25) is 0 Å². The van der Waals surface area contributed by atoms with Crippen molar-refractivity contribution in [2.75, 3.05) is 27.2 Å². The van der Waals surface area contributed by atoms with E-state index in [1.807, 2.05) is 0 Å². The van der Waals surface area contributed by atoms with Crippen molar-refractivity contribution in [2.45, 2.75) is 25.4 Å². The third-order valence-electron chi connectivity index (χ3n) is 3.61. The van der Waals surface area contributed by atoms with Crippen LogP contribution in [0.4, 0.5) is 0 Å². The lowest BCUT2D eigenvalue weighted by Gasteiger charge is -2.35. The molecule has 1 fully saturated rings. The summed E-state index contributed by atoms with van der Waals surface area (Å²) in [6.45, 7) is 3.57. The highest BCUT2D eigenvalue weighted by Gasteiger charge is 2.20. The SMILES string of the molecule is CN(C)C1CCN(Cc2ccc(I)cc2)CC1. The first kappa shape index (κ1) is 13.3. The van der Waals surface area contributed by atoms with E-state index >= 15 is 0 Å². The number of halogens is 1. The Balaban J connectivity index is 1.84. The predicted octanol–water partition coefficient (Wildman–Crippen LogP) is 2.82. The topological polar surface area (TPSA) is 6.48 Å². The maximum atomic E-state index is 2.57. The lowest BCUT2D eigenvalue weighted by Crippen LogP contribution is -2.41. The van der Waals surface area contributed by atoms with Gasteiger partial charge in [0.1, 0.15) is 0 Å². The van der Waals surface area contributed by atoms with Crippen molar-refractivity contribution in [3.63, 3.8) is 0 Å². The maximum absolute atomic E-state index is 2.57. The van der Waals surface area contributed by atoms with E-state index in [1.54, 1.807) is 0 Å². The zero-order chi connectivity index (χ0) is 12.3. The van der Waals surface area contributed by atoms with Gasteiger partial charge >= 0.3 is 0 Å². The molecule has 0 spiro atoms. The molecule has 1 saturated heterocycles. The molecule has 1 aromatic rings. The van der Waals surface area contributed by atoms with E-state index < -0.39 is 0 Å². The minimum absolute atomic E-state index is 0.781. The first-order valence-corrected chi connectivity index (χ1v) is 7.36. The van der Waals surface area contributed by atoms with Gasteiger partial charge in [0.05, 0.1) is 0 Å². The van der Waals surface area contributed by atoms with E-state index in [9.17, 15) is 0 Å². The Bertz CT molecular complexity index is 340. The molecule has 1 heterocycles. The second-order valence-corrected chi connectivity index (χ2v) is 6.34. The van der Waals surface area contributed by atoms with Crippen LogP contribution in [0.3, 0.4) is 0 Å². The summed E-state index contributed by atoms with van der Waals surface area (Å²) >= 11 is 2.36. The second kappa shape index (κ2) is 6.16. The largest absolute Gasteiger partial charge is 0.306 e. The molecule has 0 aromatic heterocycles. The predicted molar refractivity (Wildman–Crippen MR) is 81.1 cm³/mol. The Labute approximate surface area is 118 Å². The number of hydrogen-bond acceptors (Lipinski definition) is 2. The summed E-state index contributed by atoms with van der Waals surface area (Å²) in [5.41, 5.74) is 1.44. The summed E-state index contributed by atoms with van der Waals surface area (Å²) in [6.07, 6.45) is 2.61. The van der Waals surface area contributed by atoms with Crippen LogP contribution < -0.4 is 0 Å². The van der Waals surface area contributed by atoms with Crippen LogP contribution in [0.1, 0.15) is 18.4 Å². The summed E-state index contributed by atoms with van der Waals surface area (Å²) < 4.78 is 1.32. The maximum Gasteiger partial charge on any atom is 0.0233 e. The standard InChI is InChI=1S/C14H21IN2/c1-16(2)14-7-9-17(10-8-14)11-12-3-5-13(15)6-4-12/h3-6,14H,7-11H2,1-2H3. The zero-order valence-electron chi connectivity index (χ0n) is 10.7. The Morgan fingerprint density at radius 1 is 1.18 bits per heavy atom. The molecule has 2 nitrogen and oxygen atoms in total. The summed E-state index contributed by atoms with van der Waals surface area (Å²) in [5.74, 6) is 0. The molecule has 94 valence electrons. The molecular formula is C14H21IN2. The molecule has 0 N–H and O–H groups in total. The molecule has 0 unspecified atom stereocenters. The molecule has 17 heavy (non-hydrogen) atoms. The van der Waals surface area contributed by atoms with Crippen molar-refractivity contribution in [3.8, 4) is 0 Å². The molecule has 0 saturated carbocycles. The number of rotatable bonds is 3. The van der Waals surface area contributed by atoms with Crippen molar-refractivity contribution in [2.24, 2.45) is 0 Å². The van der Waals surface area contributed by atoms with Gasteiger partial charge in [0, 0.05) is 16.2 Å². The summed E-state index contributed by atoms with van der Waals surface area (Å²) in [5, 5.41) is 0. The smallest absolute Gasteiger partial charge is 0.0233 e. The normalized spacial score (nSPS) is 18.8. The van der Waals surface area contributed by atoms with Crippen LogP contribution in [-0.4, -0.2) is 43.0 Å². The molecule has 1 aliphatic rings. The van der Waals surface area contributed by atoms with Crippen LogP contribution in [0.25, 0.3) is 0 Å². The number of benzene rings is 1. The lowest BCUT2D eigenvalue weighted by molar-refractivity contribution is 0.140. The van der Waals surface area contributed by atoms with Gasteiger partial charge in [0.25, 0.3) is 0 Å². The van der Waals surface area contributed by atoms with Gasteiger partial charge in [-0.15, -0.1) is 0 Å². The van der Waals surface area contributed by atoms with Crippen LogP contribution >= 0.6 is 22.6 Å². The number of piperidine rings is 1. The quantitative estimate of drug-likeness (QED) is 0.778. The van der Waals surface area contributed by atoms with Crippen molar-refractivity contribution in [1.82, 2.24) is 9.80 Å². The van der Waals surface area contributed by atoms with Gasteiger partial charge in [-0.05, 0) is 80.3 Å². The van der Waals surface area contributed by atoms with E-state index in [0.717, 1.165) is 12.6 Å². The van der Waals surface area contributed by atoms with Gasteiger partial charge in [0.2, 0.25) is 0 Å². The Morgan fingerprint density at radius 3 is 2.29 bits per heavy atom. The minimum Gasteiger partial charge on any atom is -0.306 e. The van der Waals surface area contributed by atoms with Gasteiger partial charge in [-0.3, -0.25) is 4.90 Å². The molecule has 0 atom stereocenters. The van der Waals surface area contributed by atoms with E-state index in [-0.39, 0.29) is 0 Å². The highest BCUT2D eigenvalue weighted by Crippen LogP contribution is 2.17. The Hall–Kier alpha value is -0.130. The highest BCUT2D eigenvalue weighted by molar-refractivity contribution is 14.1. The van der Waals surface area contributed by atoms with Gasteiger partial charge in [-0.2, -0.15) is 0 Å². The fourth-order valence-electron chi connectivity index (χ4n) is 2.44. The van der Waals surface area contributed by atoms with E-state index in [0.29, 0.717) is 0 Å². The molecular weight excluding hydrogens is 323 g/mol. The molecule has 0 amide bonds. The van der Waals surface area contributed by atoms with Crippen LogP contribution in [-0.2, 0) is 6.54 Å². The van der Waals surface area contributed by atoms with Crippen LogP contribution in [0, 0.1) is 3.57 Å². The summed E-state index contributed by atoms with van der Waals surface area (Å²) in [6, 6.07) is 9.67. The van der Waals surface area contributed by atoms with Crippen LogP contribution in [0.15, 0.2) is 24.3 Å². The number of likely N-dealkylation sites (tertiary alicyclic amines) is 1. The fraction of sp³-hybridized carbons (Fsp3) is 0.571. The second-order valence-electron chi connectivity index (χ2n) is 5.10. The van der Waals surface area contributed by atoms with Crippen molar-refractivity contribution in [3.05, 3.63) is 33.4 Å². The molecule has 1 aromatic carbocycles. The molecule has 2 rings (SSSR count). The first-order chi connectivity index (χ1) is 8.15. The van der Waals surface area contributed by atoms with Crippen molar-refractivity contribution >= 4 is 22.6 Å². The van der Waals surface area contributed by atoms with E-state index in [1.165, 1.54) is 35.1 Å². The lowest BCUT2D eigenvalue weighted by atomic mass is 10.0. The summed E-state index contributed by atoms with van der Waals surface area (Å²) in [4.78, 5) is 4.93. The monoisotopic (exact) mass is 344 g/mol.